The van der Waals surface area contributed by atoms with Gasteiger partial charge in [-0.25, -0.2) is 0 Å². The highest BCUT2D eigenvalue weighted by molar-refractivity contribution is 5.94. The molecule has 0 saturated carbocycles. The van der Waals surface area contributed by atoms with E-state index in [1.165, 1.54) is 0 Å². The summed E-state index contributed by atoms with van der Waals surface area (Å²) >= 11 is 0. The van der Waals surface area contributed by atoms with Gasteiger partial charge < -0.3 is 20.5 Å². The zero-order valence-corrected chi connectivity index (χ0v) is 15.1. The van der Waals surface area contributed by atoms with Crippen molar-refractivity contribution in [3.63, 3.8) is 0 Å². The first-order valence-electron chi connectivity index (χ1n) is 8.60. The number of benzene rings is 2. The van der Waals surface area contributed by atoms with E-state index in [1.807, 2.05) is 50.2 Å². The van der Waals surface area contributed by atoms with Crippen LogP contribution < -0.4 is 15.8 Å². The molecular formula is C20H25N3O3. The smallest absolute Gasteiger partial charge is 0.254 e. The number of carbonyl (C=O) groups excluding carboxylic acids is 1. The van der Waals surface area contributed by atoms with Crippen LogP contribution in [0.3, 0.4) is 0 Å². The van der Waals surface area contributed by atoms with Gasteiger partial charge in [-0.15, -0.1) is 0 Å². The molecule has 0 radical (unpaired) electrons. The second-order valence-corrected chi connectivity index (χ2v) is 5.67. The lowest BCUT2D eigenvalue weighted by atomic mass is 10.1. The Hall–Kier alpha value is -2.86. The van der Waals surface area contributed by atoms with Gasteiger partial charge in [-0.2, -0.15) is 0 Å². The van der Waals surface area contributed by atoms with Crippen LogP contribution in [0.5, 0.6) is 5.75 Å². The maximum atomic E-state index is 12.6. The van der Waals surface area contributed by atoms with Crippen LogP contribution in [0.4, 0.5) is 0 Å². The van der Waals surface area contributed by atoms with E-state index in [4.69, 9.17) is 20.6 Å². The first-order chi connectivity index (χ1) is 12.5. The third-order valence-electron chi connectivity index (χ3n) is 3.80. The number of rotatable bonds is 9. The Morgan fingerprint density at radius 2 is 1.73 bits per heavy atom. The zero-order chi connectivity index (χ0) is 18.9. The number of nitrogens with two attached hydrogens (primary N) is 1. The first kappa shape index (κ1) is 19.5. The maximum absolute atomic E-state index is 12.6. The van der Waals surface area contributed by atoms with Crippen LogP contribution in [0.15, 0.2) is 48.5 Å². The topological polar surface area (TPSA) is 97.4 Å². The Morgan fingerprint density at radius 1 is 1.08 bits per heavy atom. The minimum Gasteiger partial charge on any atom is -0.494 e. The second-order valence-electron chi connectivity index (χ2n) is 5.67. The number of amidine groups is 1. The molecule has 2 rings (SSSR count). The predicted molar refractivity (Wildman–Crippen MR) is 101 cm³/mol. The van der Waals surface area contributed by atoms with Crippen LogP contribution in [0, 0.1) is 5.41 Å². The molecule has 0 aromatic heterocycles. The summed E-state index contributed by atoms with van der Waals surface area (Å²) in [5.74, 6) is 0.580. The standard InChI is InChI=1S/C20H25N3O3/c1-3-25-17-11-9-15(10-12-17)18(26-4-2)20(24)23-13-14-5-7-16(8-6-14)19(21)22/h5-12,18H,3-4,13H2,1-2H3,(H3,21,22)(H,23,24)/t18-/m0/s1. The highest BCUT2D eigenvalue weighted by atomic mass is 16.5. The van der Waals surface area contributed by atoms with Crippen LogP contribution in [-0.2, 0) is 16.1 Å². The lowest BCUT2D eigenvalue weighted by Gasteiger charge is -2.18. The fourth-order valence-electron chi connectivity index (χ4n) is 2.48. The fraction of sp³-hybridized carbons (Fsp3) is 0.300. The van der Waals surface area contributed by atoms with Crippen molar-refractivity contribution >= 4 is 11.7 Å². The molecule has 0 heterocycles. The maximum Gasteiger partial charge on any atom is 0.254 e. The van der Waals surface area contributed by atoms with Crippen LogP contribution in [-0.4, -0.2) is 25.0 Å². The summed E-state index contributed by atoms with van der Waals surface area (Å²) in [5, 5.41) is 10.3. The number of nitrogens with one attached hydrogen (secondary N) is 2. The van der Waals surface area contributed by atoms with E-state index in [-0.39, 0.29) is 11.7 Å². The van der Waals surface area contributed by atoms with E-state index in [0.717, 1.165) is 16.9 Å². The second kappa shape index (κ2) is 9.58. The van der Waals surface area contributed by atoms with Crippen LogP contribution in [0.1, 0.15) is 36.6 Å². The molecule has 6 nitrogen and oxygen atoms in total. The van der Waals surface area contributed by atoms with Crippen LogP contribution >= 0.6 is 0 Å². The van der Waals surface area contributed by atoms with Crippen molar-refractivity contribution in [3.8, 4) is 5.75 Å². The Morgan fingerprint density at radius 3 is 2.27 bits per heavy atom. The molecule has 1 atom stereocenters. The summed E-state index contributed by atoms with van der Waals surface area (Å²) in [7, 11) is 0. The largest absolute Gasteiger partial charge is 0.494 e. The van der Waals surface area contributed by atoms with E-state index in [9.17, 15) is 4.79 Å². The number of amides is 1. The summed E-state index contributed by atoms with van der Waals surface area (Å²) in [5.41, 5.74) is 7.79. The van der Waals surface area contributed by atoms with Crippen molar-refractivity contribution in [2.75, 3.05) is 13.2 Å². The minimum atomic E-state index is -0.674. The van der Waals surface area contributed by atoms with Crippen LogP contribution in [0.25, 0.3) is 0 Å². The molecule has 4 N–H and O–H groups in total. The van der Waals surface area contributed by atoms with Gasteiger partial charge in [0.2, 0.25) is 0 Å². The van der Waals surface area contributed by atoms with Gasteiger partial charge in [0.1, 0.15) is 11.6 Å². The van der Waals surface area contributed by atoms with E-state index in [1.54, 1.807) is 12.1 Å². The van der Waals surface area contributed by atoms with E-state index in [0.29, 0.717) is 25.3 Å². The highest BCUT2D eigenvalue weighted by Gasteiger charge is 2.20. The van der Waals surface area contributed by atoms with E-state index < -0.39 is 6.10 Å². The van der Waals surface area contributed by atoms with Crippen molar-refractivity contribution in [1.29, 1.82) is 5.41 Å². The lowest BCUT2D eigenvalue weighted by molar-refractivity contribution is -0.133. The molecule has 26 heavy (non-hydrogen) atoms. The third-order valence-corrected chi connectivity index (χ3v) is 3.80. The SMILES string of the molecule is CCOc1ccc([C@H](OCC)C(=O)NCc2ccc(C(=N)N)cc2)cc1. The van der Waals surface area contributed by atoms with Gasteiger partial charge in [-0.1, -0.05) is 36.4 Å². The van der Waals surface area contributed by atoms with Gasteiger partial charge in [0.15, 0.2) is 6.10 Å². The summed E-state index contributed by atoms with van der Waals surface area (Å²) in [6.07, 6.45) is -0.674. The van der Waals surface area contributed by atoms with Crippen molar-refractivity contribution in [2.24, 2.45) is 5.73 Å². The molecule has 0 bridgehead atoms. The average molecular weight is 355 g/mol. The highest BCUT2D eigenvalue weighted by Crippen LogP contribution is 2.21. The van der Waals surface area contributed by atoms with Crippen molar-refractivity contribution in [2.45, 2.75) is 26.5 Å². The van der Waals surface area contributed by atoms with Gasteiger partial charge >= 0.3 is 0 Å². The molecule has 0 fully saturated rings. The Balaban J connectivity index is 2.02. The first-order valence-corrected chi connectivity index (χ1v) is 8.60. The quantitative estimate of drug-likeness (QED) is 0.476. The Bertz CT molecular complexity index is 727. The van der Waals surface area contributed by atoms with E-state index >= 15 is 0 Å². The average Bonchev–Trinajstić information content (AvgIpc) is 2.65. The molecule has 0 saturated heterocycles. The molecule has 138 valence electrons. The molecule has 0 aliphatic carbocycles. The Kier molecular flexibility index (Phi) is 7.17. The summed E-state index contributed by atoms with van der Waals surface area (Å²) in [6.45, 7) is 5.18. The van der Waals surface area contributed by atoms with Crippen molar-refractivity contribution in [3.05, 3.63) is 65.2 Å². The van der Waals surface area contributed by atoms with Crippen molar-refractivity contribution < 1.29 is 14.3 Å². The molecule has 1 amide bonds. The molecule has 0 aliphatic rings. The number of ether oxygens (including phenoxy) is 2. The molecule has 2 aromatic rings. The molecule has 0 spiro atoms. The fourth-order valence-corrected chi connectivity index (χ4v) is 2.48. The number of nitrogen functional groups attached to an aromatic ring is 1. The monoisotopic (exact) mass is 355 g/mol. The normalized spacial score (nSPS) is 11.6. The van der Waals surface area contributed by atoms with Gasteiger partial charge in [-0.3, -0.25) is 10.2 Å². The van der Waals surface area contributed by atoms with Gasteiger partial charge in [0.25, 0.3) is 5.91 Å². The summed E-state index contributed by atoms with van der Waals surface area (Å²) in [4.78, 5) is 12.6. The summed E-state index contributed by atoms with van der Waals surface area (Å²) < 4.78 is 11.1. The lowest BCUT2D eigenvalue weighted by Crippen LogP contribution is -2.30. The van der Waals surface area contributed by atoms with Gasteiger partial charge in [-0.05, 0) is 37.1 Å². The third kappa shape index (κ3) is 5.32. The molecular weight excluding hydrogens is 330 g/mol. The molecule has 6 heteroatoms. The molecule has 2 aromatic carbocycles. The minimum absolute atomic E-state index is 0.0208. The summed E-state index contributed by atoms with van der Waals surface area (Å²) in [6, 6.07) is 14.5. The molecule has 0 aliphatic heterocycles. The molecule has 0 unspecified atom stereocenters. The Labute approximate surface area is 153 Å². The van der Waals surface area contributed by atoms with E-state index in [2.05, 4.69) is 5.32 Å². The zero-order valence-electron chi connectivity index (χ0n) is 15.1. The van der Waals surface area contributed by atoms with Gasteiger partial charge in [0.05, 0.1) is 6.61 Å². The number of hydrogen-bond acceptors (Lipinski definition) is 4. The number of carbonyl (C=O) groups is 1. The van der Waals surface area contributed by atoms with Gasteiger partial charge in [0, 0.05) is 18.7 Å². The predicted octanol–water partition coefficient (Wildman–Crippen LogP) is 2.76. The van der Waals surface area contributed by atoms with Crippen molar-refractivity contribution in [1.82, 2.24) is 5.32 Å². The number of hydrogen-bond donors (Lipinski definition) is 3. The van der Waals surface area contributed by atoms with Crippen LogP contribution in [0.2, 0.25) is 0 Å².